The molecule has 5 heterocycles. The minimum atomic E-state index is -0.256. The molecule has 27 heavy (non-hydrogen) atoms. The normalized spacial score (nSPS) is 27.8. The summed E-state index contributed by atoms with van der Waals surface area (Å²) in [6, 6.07) is 0.970. The topological polar surface area (TPSA) is 70.3 Å². The molecular formula is C20H28N6O. The smallest absolute Gasteiger partial charge is 0.225 e. The maximum Gasteiger partial charge on any atom is 0.225 e. The number of imidazole rings is 1. The van der Waals surface area contributed by atoms with Crippen molar-refractivity contribution in [3.63, 3.8) is 0 Å². The zero-order valence-electron chi connectivity index (χ0n) is 16.0. The second-order valence-corrected chi connectivity index (χ2v) is 8.11. The molecule has 0 amide bonds. The molecule has 0 saturated carbocycles. The van der Waals surface area contributed by atoms with Crippen LogP contribution < -0.4 is 4.90 Å². The van der Waals surface area contributed by atoms with Gasteiger partial charge in [0.15, 0.2) is 0 Å². The number of aryl methyl sites for hydroxylation is 1. The summed E-state index contributed by atoms with van der Waals surface area (Å²) in [5.74, 6) is 0.796. The van der Waals surface area contributed by atoms with Crippen molar-refractivity contribution < 1.29 is 5.11 Å². The van der Waals surface area contributed by atoms with Crippen LogP contribution in [0.2, 0.25) is 0 Å². The number of aliphatic hydroxyl groups is 1. The number of nitrogens with zero attached hydrogens (tertiary/aromatic N) is 6. The van der Waals surface area contributed by atoms with E-state index in [0.717, 1.165) is 44.8 Å². The molecule has 0 radical (unpaired) electrons. The molecule has 0 aliphatic carbocycles. The highest BCUT2D eigenvalue weighted by Gasteiger charge is 2.41. The van der Waals surface area contributed by atoms with Crippen molar-refractivity contribution in [2.75, 3.05) is 18.0 Å². The number of rotatable bonds is 4. The van der Waals surface area contributed by atoms with Crippen molar-refractivity contribution in [2.24, 2.45) is 0 Å². The molecule has 2 bridgehead atoms. The van der Waals surface area contributed by atoms with E-state index in [9.17, 15) is 5.11 Å². The van der Waals surface area contributed by atoms with Gasteiger partial charge in [-0.1, -0.05) is 0 Å². The van der Waals surface area contributed by atoms with Gasteiger partial charge in [-0.15, -0.1) is 0 Å². The fourth-order valence-corrected chi connectivity index (χ4v) is 5.05. The summed E-state index contributed by atoms with van der Waals surface area (Å²) in [4.78, 5) is 18.7. The number of β-amino-alcohol motifs (C(OH)–C–C–N with tert-alkyl or cyclic N) is 1. The fourth-order valence-electron chi connectivity index (χ4n) is 5.05. The molecule has 144 valence electrons. The Balaban J connectivity index is 1.39. The van der Waals surface area contributed by atoms with E-state index in [0.29, 0.717) is 18.6 Å². The van der Waals surface area contributed by atoms with E-state index in [4.69, 9.17) is 9.97 Å². The highest BCUT2D eigenvalue weighted by molar-refractivity contribution is 5.37. The van der Waals surface area contributed by atoms with Gasteiger partial charge in [-0.2, -0.15) is 0 Å². The van der Waals surface area contributed by atoms with Gasteiger partial charge in [0, 0.05) is 62.6 Å². The van der Waals surface area contributed by atoms with E-state index >= 15 is 0 Å². The zero-order valence-corrected chi connectivity index (χ0v) is 16.0. The SMILES string of the molecule is CCn1cncc1CN1C2CCC1c1cnc(N3CCCC(O)C3)nc1C2. The lowest BCUT2D eigenvalue weighted by molar-refractivity contribution is 0.152. The van der Waals surface area contributed by atoms with Gasteiger partial charge in [-0.25, -0.2) is 15.0 Å². The molecule has 2 aromatic rings. The summed E-state index contributed by atoms with van der Waals surface area (Å²) < 4.78 is 2.23. The molecule has 7 heteroatoms. The molecule has 2 saturated heterocycles. The number of piperidine rings is 1. The van der Waals surface area contributed by atoms with Gasteiger partial charge < -0.3 is 14.6 Å². The van der Waals surface area contributed by atoms with Crippen LogP contribution in [0.3, 0.4) is 0 Å². The van der Waals surface area contributed by atoms with E-state index in [-0.39, 0.29) is 6.10 Å². The second kappa shape index (κ2) is 6.87. The Morgan fingerprint density at radius 3 is 3.00 bits per heavy atom. The van der Waals surface area contributed by atoms with Gasteiger partial charge >= 0.3 is 0 Å². The summed E-state index contributed by atoms with van der Waals surface area (Å²) in [7, 11) is 0. The van der Waals surface area contributed by atoms with Gasteiger partial charge in [-0.05, 0) is 32.6 Å². The van der Waals surface area contributed by atoms with E-state index < -0.39 is 0 Å². The molecule has 0 spiro atoms. The van der Waals surface area contributed by atoms with E-state index in [1.54, 1.807) is 0 Å². The third kappa shape index (κ3) is 3.02. The highest BCUT2D eigenvalue weighted by Crippen LogP contribution is 2.44. The van der Waals surface area contributed by atoms with E-state index in [1.165, 1.54) is 29.8 Å². The largest absolute Gasteiger partial charge is 0.391 e. The summed E-state index contributed by atoms with van der Waals surface area (Å²) in [5.41, 5.74) is 3.80. The van der Waals surface area contributed by atoms with Crippen LogP contribution in [0.4, 0.5) is 5.95 Å². The fraction of sp³-hybridized carbons (Fsp3) is 0.650. The molecule has 3 atom stereocenters. The third-order valence-corrected chi connectivity index (χ3v) is 6.48. The van der Waals surface area contributed by atoms with Gasteiger partial charge in [-0.3, -0.25) is 4.90 Å². The number of aliphatic hydroxyl groups excluding tert-OH is 1. The van der Waals surface area contributed by atoms with Crippen LogP contribution in [0, 0.1) is 0 Å². The van der Waals surface area contributed by atoms with Crippen LogP contribution in [-0.2, 0) is 19.5 Å². The monoisotopic (exact) mass is 368 g/mol. The number of fused-ring (bicyclic) bond motifs is 4. The molecule has 5 rings (SSSR count). The Labute approximate surface area is 160 Å². The molecular weight excluding hydrogens is 340 g/mol. The first-order chi connectivity index (χ1) is 13.2. The molecule has 3 aliphatic rings. The maximum absolute atomic E-state index is 9.96. The minimum absolute atomic E-state index is 0.256. The first-order valence-electron chi connectivity index (χ1n) is 10.3. The van der Waals surface area contributed by atoms with Gasteiger partial charge in [0.2, 0.25) is 5.95 Å². The summed E-state index contributed by atoms with van der Waals surface area (Å²) >= 11 is 0. The van der Waals surface area contributed by atoms with Crippen LogP contribution >= 0.6 is 0 Å². The molecule has 2 aromatic heterocycles. The average Bonchev–Trinajstić information content (AvgIpc) is 3.24. The molecule has 2 fully saturated rings. The lowest BCUT2D eigenvalue weighted by Crippen LogP contribution is -2.41. The highest BCUT2D eigenvalue weighted by atomic mass is 16.3. The first kappa shape index (κ1) is 17.1. The van der Waals surface area contributed by atoms with Crippen molar-refractivity contribution in [3.8, 4) is 0 Å². The molecule has 3 aliphatic heterocycles. The lowest BCUT2D eigenvalue weighted by Gasteiger charge is -2.36. The average molecular weight is 368 g/mol. The van der Waals surface area contributed by atoms with Crippen LogP contribution in [0.5, 0.6) is 0 Å². The Kier molecular flexibility index (Phi) is 4.36. The van der Waals surface area contributed by atoms with Crippen molar-refractivity contribution in [1.82, 2.24) is 24.4 Å². The Morgan fingerprint density at radius 2 is 2.15 bits per heavy atom. The van der Waals surface area contributed by atoms with Crippen LogP contribution in [0.1, 0.15) is 55.6 Å². The van der Waals surface area contributed by atoms with E-state index in [1.807, 2.05) is 12.5 Å². The molecule has 7 nitrogen and oxygen atoms in total. The number of aromatic nitrogens is 4. The van der Waals surface area contributed by atoms with Gasteiger partial charge in [0.05, 0.1) is 23.8 Å². The van der Waals surface area contributed by atoms with Crippen molar-refractivity contribution in [1.29, 1.82) is 0 Å². The van der Waals surface area contributed by atoms with Gasteiger partial charge in [0.1, 0.15) is 0 Å². The third-order valence-electron chi connectivity index (χ3n) is 6.48. The van der Waals surface area contributed by atoms with Gasteiger partial charge in [0.25, 0.3) is 0 Å². The Bertz CT molecular complexity index is 821. The Hall–Kier alpha value is -1.99. The quantitative estimate of drug-likeness (QED) is 0.889. The number of anilines is 1. The molecule has 3 unspecified atom stereocenters. The molecule has 0 aromatic carbocycles. The van der Waals surface area contributed by atoms with Crippen LogP contribution in [0.15, 0.2) is 18.7 Å². The summed E-state index contributed by atoms with van der Waals surface area (Å²) in [6.07, 6.45) is 11.0. The van der Waals surface area contributed by atoms with Crippen molar-refractivity contribution >= 4 is 5.95 Å². The minimum Gasteiger partial charge on any atom is -0.391 e. The summed E-state index contributed by atoms with van der Waals surface area (Å²) in [6.45, 7) is 5.67. The van der Waals surface area contributed by atoms with E-state index in [2.05, 4.69) is 32.5 Å². The van der Waals surface area contributed by atoms with Crippen LogP contribution in [0.25, 0.3) is 0 Å². The first-order valence-corrected chi connectivity index (χ1v) is 10.3. The number of hydrogen-bond acceptors (Lipinski definition) is 6. The van der Waals surface area contributed by atoms with Crippen molar-refractivity contribution in [2.45, 2.75) is 70.3 Å². The predicted octanol–water partition coefficient (Wildman–Crippen LogP) is 1.92. The lowest BCUT2D eigenvalue weighted by atomic mass is 9.99. The maximum atomic E-state index is 9.96. The zero-order chi connectivity index (χ0) is 18.4. The van der Waals surface area contributed by atoms with Crippen LogP contribution in [-0.4, -0.2) is 54.8 Å². The Morgan fingerprint density at radius 1 is 1.22 bits per heavy atom. The summed E-state index contributed by atoms with van der Waals surface area (Å²) in [5, 5.41) is 9.96. The molecule has 1 N–H and O–H groups in total. The second-order valence-electron chi connectivity index (χ2n) is 8.11. The standard InChI is InChI=1S/C20H28N6O/c1-2-24-13-21-9-15(24)11-26-14-5-6-19(26)17-10-22-20(23-18(17)8-14)25-7-3-4-16(27)12-25/h9-10,13-14,16,19,27H,2-8,11-12H2,1H3. The van der Waals surface area contributed by atoms with Crippen molar-refractivity contribution in [3.05, 3.63) is 35.7 Å². The number of hydrogen-bond donors (Lipinski definition) is 1. The predicted molar refractivity (Wildman–Crippen MR) is 102 cm³/mol.